The lowest BCUT2D eigenvalue weighted by molar-refractivity contribution is -0.389. The number of carbonyl (C=O) groups is 2. The quantitative estimate of drug-likeness (QED) is 0.626. The van der Waals surface area contributed by atoms with Crippen molar-refractivity contribution in [2.75, 3.05) is 6.54 Å². The largest absolute Gasteiger partial charge is 0.480 e. The SMILES string of the molecule is Cc1nc([N+](=O)[O-])cn1CCC(=O)N1CCC[C@H]1C(=O)O. The van der Waals surface area contributed by atoms with Crippen molar-refractivity contribution in [2.45, 2.75) is 38.8 Å². The fourth-order valence-corrected chi connectivity index (χ4v) is 2.49. The van der Waals surface area contributed by atoms with Gasteiger partial charge in [-0.25, -0.2) is 4.79 Å². The van der Waals surface area contributed by atoms with Gasteiger partial charge in [-0.2, -0.15) is 0 Å². The topological polar surface area (TPSA) is 119 Å². The molecule has 0 aromatic carbocycles. The number of carboxylic acids is 1. The van der Waals surface area contributed by atoms with Gasteiger partial charge in [0.25, 0.3) is 0 Å². The van der Waals surface area contributed by atoms with Crippen LogP contribution in [0.15, 0.2) is 6.20 Å². The summed E-state index contributed by atoms with van der Waals surface area (Å²) in [5.74, 6) is -1.05. The van der Waals surface area contributed by atoms with E-state index in [9.17, 15) is 19.7 Å². The summed E-state index contributed by atoms with van der Waals surface area (Å²) in [6.45, 7) is 2.31. The summed E-state index contributed by atoms with van der Waals surface area (Å²) in [7, 11) is 0. The molecule has 2 rings (SSSR count). The molecule has 0 saturated carbocycles. The Balaban J connectivity index is 1.98. The lowest BCUT2D eigenvalue weighted by Gasteiger charge is -2.21. The maximum atomic E-state index is 12.1. The highest BCUT2D eigenvalue weighted by molar-refractivity contribution is 5.84. The second-order valence-corrected chi connectivity index (χ2v) is 4.93. The number of imidazole rings is 1. The van der Waals surface area contributed by atoms with E-state index in [0.717, 1.165) is 0 Å². The molecule has 1 saturated heterocycles. The van der Waals surface area contributed by atoms with E-state index in [0.29, 0.717) is 25.2 Å². The molecule has 9 nitrogen and oxygen atoms in total. The molecule has 0 spiro atoms. The van der Waals surface area contributed by atoms with Gasteiger partial charge in [-0.15, -0.1) is 0 Å². The predicted octanol–water partition coefficient (Wildman–Crippen LogP) is 0.565. The molecule has 9 heteroatoms. The van der Waals surface area contributed by atoms with E-state index in [1.54, 1.807) is 6.92 Å². The van der Waals surface area contributed by atoms with Gasteiger partial charge < -0.3 is 24.7 Å². The van der Waals surface area contributed by atoms with E-state index < -0.39 is 16.9 Å². The Hall–Kier alpha value is -2.45. The van der Waals surface area contributed by atoms with Gasteiger partial charge >= 0.3 is 11.8 Å². The van der Waals surface area contributed by atoms with Crippen molar-refractivity contribution < 1.29 is 19.6 Å². The molecule has 1 N–H and O–H groups in total. The molecule has 1 aromatic rings. The molecule has 1 aliphatic heterocycles. The van der Waals surface area contributed by atoms with Crippen LogP contribution in [0.3, 0.4) is 0 Å². The summed E-state index contributed by atoms with van der Waals surface area (Å²) in [5.41, 5.74) is 0. The van der Waals surface area contributed by atoms with Crippen LogP contribution in [0.25, 0.3) is 0 Å². The van der Waals surface area contributed by atoms with Crippen molar-refractivity contribution in [3.8, 4) is 0 Å². The van der Waals surface area contributed by atoms with Crippen LogP contribution in [0.2, 0.25) is 0 Å². The third-order valence-electron chi connectivity index (χ3n) is 3.58. The number of amides is 1. The molecule has 1 atom stereocenters. The molecular formula is C12H16N4O5. The first kappa shape index (κ1) is 14.9. The van der Waals surface area contributed by atoms with Crippen molar-refractivity contribution >= 4 is 17.7 Å². The summed E-state index contributed by atoms with van der Waals surface area (Å²) in [4.78, 5) is 38.3. The lowest BCUT2D eigenvalue weighted by Crippen LogP contribution is -2.40. The van der Waals surface area contributed by atoms with Gasteiger partial charge in [0.1, 0.15) is 12.2 Å². The Labute approximate surface area is 120 Å². The fraction of sp³-hybridized carbons (Fsp3) is 0.583. The number of aliphatic carboxylic acids is 1. The Morgan fingerprint density at radius 1 is 1.57 bits per heavy atom. The number of carbonyl (C=O) groups excluding carboxylic acids is 1. The van der Waals surface area contributed by atoms with Gasteiger partial charge in [0.2, 0.25) is 11.7 Å². The molecule has 114 valence electrons. The van der Waals surface area contributed by atoms with E-state index in [1.165, 1.54) is 15.7 Å². The highest BCUT2D eigenvalue weighted by Crippen LogP contribution is 2.19. The molecule has 1 fully saturated rings. The van der Waals surface area contributed by atoms with E-state index in [2.05, 4.69) is 4.98 Å². The van der Waals surface area contributed by atoms with Crippen LogP contribution in [0, 0.1) is 17.0 Å². The zero-order chi connectivity index (χ0) is 15.6. The van der Waals surface area contributed by atoms with Crippen LogP contribution in [-0.2, 0) is 16.1 Å². The number of nitro groups is 1. The van der Waals surface area contributed by atoms with Crippen LogP contribution < -0.4 is 0 Å². The first-order chi connectivity index (χ1) is 9.90. The van der Waals surface area contributed by atoms with Gasteiger partial charge in [0.15, 0.2) is 0 Å². The van der Waals surface area contributed by atoms with Crippen molar-refractivity contribution in [1.29, 1.82) is 0 Å². The molecule has 0 bridgehead atoms. The number of aromatic nitrogens is 2. The first-order valence-electron chi connectivity index (χ1n) is 6.60. The van der Waals surface area contributed by atoms with E-state index in [-0.39, 0.29) is 24.7 Å². The van der Waals surface area contributed by atoms with Gasteiger partial charge in [-0.3, -0.25) is 4.79 Å². The second kappa shape index (κ2) is 5.90. The predicted molar refractivity (Wildman–Crippen MR) is 70.6 cm³/mol. The highest BCUT2D eigenvalue weighted by Gasteiger charge is 2.33. The van der Waals surface area contributed by atoms with Crippen LogP contribution >= 0.6 is 0 Å². The molecule has 1 amide bonds. The summed E-state index contributed by atoms with van der Waals surface area (Å²) < 4.78 is 1.53. The van der Waals surface area contributed by atoms with E-state index in [4.69, 9.17) is 5.11 Å². The number of hydrogen-bond donors (Lipinski definition) is 1. The van der Waals surface area contributed by atoms with Gasteiger partial charge in [0, 0.05) is 26.4 Å². The normalized spacial score (nSPS) is 18.0. The average molecular weight is 296 g/mol. The van der Waals surface area contributed by atoms with Crippen molar-refractivity contribution in [3.63, 3.8) is 0 Å². The highest BCUT2D eigenvalue weighted by atomic mass is 16.6. The molecule has 0 aliphatic carbocycles. The minimum Gasteiger partial charge on any atom is -0.480 e. The summed E-state index contributed by atoms with van der Waals surface area (Å²) in [5, 5.41) is 19.7. The number of hydrogen-bond acceptors (Lipinski definition) is 5. The molecule has 0 radical (unpaired) electrons. The van der Waals surface area contributed by atoms with Crippen molar-refractivity contribution in [3.05, 3.63) is 22.1 Å². The van der Waals surface area contributed by atoms with E-state index >= 15 is 0 Å². The molecule has 1 aromatic heterocycles. The molecular weight excluding hydrogens is 280 g/mol. The third kappa shape index (κ3) is 3.18. The standard InChI is InChI=1S/C12H16N4O5/c1-8-13-10(16(20)21)7-14(8)6-4-11(17)15-5-2-3-9(15)12(18)19/h7,9H,2-6H2,1H3,(H,18,19)/t9-/m0/s1. The summed E-state index contributed by atoms with van der Waals surface area (Å²) in [6.07, 6.45) is 2.52. The maximum Gasteiger partial charge on any atom is 0.381 e. The van der Waals surface area contributed by atoms with Crippen molar-refractivity contribution in [1.82, 2.24) is 14.5 Å². The zero-order valence-corrected chi connectivity index (χ0v) is 11.6. The molecule has 1 aliphatic rings. The number of aryl methyl sites for hydroxylation is 2. The number of rotatable bonds is 5. The molecule has 0 unspecified atom stereocenters. The maximum absolute atomic E-state index is 12.1. The molecule has 2 heterocycles. The Bertz CT molecular complexity index is 582. The molecule has 21 heavy (non-hydrogen) atoms. The first-order valence-corrected chi connectivity index (χ1v) is 6.60. The van der Waals surface area contributed by atoms with Gasteiger partial charge in [-0.05, 0) is 22.7 Å². The summed E-state index contributed by atoms with van der Waals surface area (Å²) in [6, 6.07) is -0.754. The number of likely N-dealkylation sites (tertiary alicyclic amines) is 1. The van der Waals surface area contributed by atoms with Crippen LogP contribution in [0.5, 0.6) is 0 Å². The van der Waals surface area contributed by atoms with Crippen LogP contribution in [0.1, 0.15) is 25.1 Å². The Morgan fingerprint density at radius 3 is 2.86 bits per heavy atom. The van der Waals surface area contributed by atoms with Crippen LogP contribution in [0.4, 0.5) is 5.82 Å². The second-order valence-electron chi connectivity index (χ2n) is 4.93. The van der Waals surface area contributed by atoms with Crippen molar-refractivity contribution in [2.24, 2.45) is 0 Å². The number of carboxylic acid groups (broad SMARTS) is 1. The van der Waals surface area contributed by atoms with Crippen LogP contribution in [-0.4, -0.2) is 48.9 Å². The van der Waals surface area contributed by atoms with E-state index in [1.807, 2.05) is 0 Å². The smallest absolute Gasteiger partial charge is 0.381 e. The average Bonchev–Trinajstić information content (AvgIpc) is 3.02. The Morgan fingerprint density at radius 2 is 2.29 bits per heavy atom. The van der Waals surface area contributed by atoms with Gasteiger partial charge in [0.05, 0.1) is 0 Å². The Kier molecular flexibility index (Phi) is 4.20. The third-order valence-corrected chi connectivity index (χ3v) is 3.58. The monoisotopic (exact) mass is 296 g/mol. The van der Waals surface area contributed by atoms with Gasteiger partial charge in [-0.1, -0.05) is 0 Å². The minimum absolute atomic E-state index is 0.0954. The minimum atomic E-state index is -0.990. The fourth-order valence-electron chi connectivity index (χ4n) is 2.49. The zero-order valence-electron chi connectivity index (χ0n) is 11.6. The number of nitrogens with zero attached hydrogens (tertiary/aromatic N) is 4. The lowest BCUT2D eigenvalue weighted by atomic mass is 10.2. The summed E-state index contributed by atoms with van der Waals surface area (Å²) >= 11 is 0.